The molecule has 1 fully saturated rings. The van der Waals surface area contributed by atoms with E-state index in [0.717, 1.165) is 35.7 Å². The highest BCUT2D eigenvalue weighted by Gasteiger charge is 2.40. The van der Waals surface area contributed by atoms with E-state index in [1.807, 2.05) is 12.1 Å². The smallest absolute Gasteiger partial charge is 0.335 e. The van der Waals surface area contributed by atoms with Crippen LogP contribution in [0.3, 0.4) is 0 Å². The Hall–Kier alpha value is -1.42. The van der Waals surface area contributed by atoms with Gasteiger partial charge >= 0.3 is 11.9 Å². The summed E-state index contributed by atoms with van der Waals surface area (Å²) in [6.07, 6.45) is -3.31. The fraction of sp³-hybridized carbons (Fsp3) is 0.619. The van der Waals surface area contributed by atoms with Crippen molar-refractivity contribution in [2.45, 2.75) is 45.9 Å². The average molecular weight is 480 g/mol. The van der Waals surface area contributed by atoms with E-state index in [4.69, 9.17) is 49.4 Å². The quantitative estimate of drug-likeness (QED) is 0.377. The number of carbonyl (C=O) groups is 2. The number of carboxylic acids is 2. The molecule has 0 amide bonds. The summed E-state index contributed by atoms with van der Waals surface area (Å²) >= 11 is 12.4. The van der Waals surface area contributed by atoms with Crippen molar-refractivity contribution in [3.8, 4) is 0 Å². The van der Waals surface area contributed by atoms with Crippen molar-refractivity contribution >= 4 is 35.1 Å². The number of aliphatic hydroxyl groups is 2. The molecule has 1 heterocycles. The van der Waals surface area contributed by atoms with Crippen LogP contribution in [-0.2, 0) is 16.1 Å². The maximum Gasteiger partial charge on any atom is 0.335 e. The normalized spacial score (nSPS) is 22.9. The van der Waals surface area contributed by atoms with Crippen LogP contribution in [0.15, 0.2) is 18.2 Å². The standard InChI is InChI=1S/C17H27Cl2N2.C4H6O6/c1-17(2,3)12-21(7-6-13(9-20)10-21)11-14-4-5-15(18)8-16(14)19;5-1(3(7)8)2(6)4(9)10/h4-5,8,13H,6-7,9-12,20H2,1-3H3;1-2,5-6H,(H,7,8)(H,9,10)/q+1;/t13-,21?;/m0./s1. The lowest BCUT2D eigenvalue weighted by molar-refractivity contribution is -0.936. The molecule has 0 aliphatic carbocycles. The van der Waals surface area contributed by atoms with Crippen molar-refractivity contribution < 1.29 is 34.5 Å². The number of benzene rings is 1. The summed E-state index contributed by atoms with van der Waals surface area (Å²) in [5, 5.41) is 34.0. The fourth-order valence-corrected chi connectivity index (χ4v) is 4.48. The highest BCUT2D eigenvalue weighted by Crippen LogP contribution is 2.34. The Morgan fingerprint density at radius 1 is 1.16 bits per heavy atom. The minimum atomic E-state index is -2.27. The van der Waals surface area contributed by atoms with E-state index in [1.165, 1.54) is 18.5 Å². The number of carboxylic acid groups (broad SMARTS) is 2. The van der Waals surface area contributed by atoms with E-state index < -0.39 is 24.1 Å². The summed E-state index contributed by atoms with van der Waals surface area (Å²) < 4.78 is 1.09. The van der Waals surface area contributed by atoms with Crippen LogP contribution in [0.2, 0.25) is 10.0 Å². The van der Waals surface area contributed by atoms with Gasteiger partial charge in [0.25, 0.3) is 0 Å². The Bertz CT molecular complexity index is 753. The summed E-state index contributed by atoms with van der Waals surface area (Å²) in [6, 6.07) is 5.86. The third-order valence-electron chi connectivity index (χ3n) is 5.13. The summed E-state index contributed by atoms with van der Waals surface area (Å²) in [7, 11) is 0. The topological polar surface area (TPSA) is 141 Å². The fourth-order valence-electron chi connectivity index (χ4n) is 4.01. The Kier molecular flexibility index (Phi) is 10.2. The number of rotatable bonds is 7. The van der Waals surface area contributed by atoms with Crippen LogP contribution >= 0.6 is 23.2 Å². The SMILES string of the molecule is CC(C)(C)C[N+]1(Cc2ccc(Cl)cc2Cl)CC[C@@H](CN)C1.O=C(O)C(O)C(O)C(=O)O. The van der Waals surface area contributed by atoms with Gasteiger partial charge in [-0.15, -0.1) is 0 Å². The molecule has 3 unspecified atom stereocenters. The van der Waals surface area contributed by atoms with Crippen molar-refractivity contribution in [3.63, 3.8) is 0 Å². The summed E-state index contributed by atoms with van der Waals surface area (Å²) in [5.74, 6) is -2.90. The lowest BCUT2D eigenvalue weighted by Gasteiger charge is -2.40. The third kappa shape index (κ3) is 8.92. The lowest BCUT2D eigenvalue weighted by atomic mass is 9.94. The van der Waals surface area contributed by atoms with E-state index >= 15 is 0 Å². The second-order valence-corrected chi connectivity index (χ2v) is 10.2. The van der Waals surface area contributed by atoms with Gasteiger partial charge in [-0.2, -0.15) is 0 Å². The van der Waals surface area contributed by atoms with E-state index in [0.29, 0.717) is 16.4 Å². The number of hydrogen-bond donors (Lipinski definition) is 5. The molecule has 1 aromatic rings. The molecule has 31 heavy (non-hydrogen) atoms. The maximum atomic E-state index is 9.77. The van der Waals surface area contributed by atoms with Crippen LogP contribution in [0.1, 0.15) is 32.8 Å². The first-order valence-corrected chi connectivity index (χ1v) is 10.8. The molecule has 176 valence electrons. The van der Waals surface area contributed by atoms with Gasteiger partial charge in [-0.3, -0.25) is 0 Å². The first kappa shape index (κ1) is 27.6. The number of aliphatic carboxylic acids is 2. The molecular weight excluding hydrogens is 447 g/mol. The van der Waals surface area contributed by atoms with Gasteiger partial charge in [0.1, 0.15) is 6.54 Å². The number of nitrogens with two attached hydrogens (primary N) is 1. The molecule has 0 saturated carbocycles. The minimum absolute atomic E-state index is 0.294. The van der Waals surface area contributed by atoms with Crippen molar-refractivity contribution in [2.75, 3.05) is 26.2 Å². The van der Waals surface area contributed by atoms with Crippen molar-refractivity contribution in [1.82, 2.24) is 0 Å². The molecule has 1 aromatic carbocycles. The predicted octanol–water partition coefficient (Wildman–Crippen LogP) is 2.21. The van der Waals surface area contributed by atoms with Crippen molar-refractivity contribution in [3.05, 3.63) is 33.8 Å². The number of halogens is 2. The summed E-state index contributed by atoms with van der Waals surface area (Å²) in [4.78, 5) is 19.5. The van der Waals surface area contributed by atoms with Crippen LogP contribution in [0.5, 0.6) is 0 Å². The van der Waals surface area contributed by atoms with Gasteiger partial charge < -0.3 is 30.6 Å². The van der Waals surface area contributed by atoms with Gasteiger partial charge in [0, 0.05) is 34.9 Å². The van der Waals surface area contributed by atoms with Gasteiger partial charge in [-0.1, -0.05) is 50.0 Å². The molecule has 6 N–H and O–H groups in total. The summed E-state index contributed by atoms with van der Waals surface area (Å²) in [5.41, 5.74) is 7.40. The highest BCUT2D eigenvalue weighted by atomic mass is 35.5. The van der Waals surface area contributed by atoms with E-state index in [9.17, 15) is 9.59 Å². The second-order valence-electron chi connectivity index (χ2n) is 9.32. The molecule has 2 rings (SSSR count). The second kappa shape index (κ2) is 11.4. The van der Waals surface area contributed by atoms with Crippen LogP contribution in [0, 0.1) is 11.3 Å². The molecule has 1 aliphatic rings. The first-order valence-electron chi connectivity index (χ1n) is 10.0. The molecule has 0 radical (unpaired) electrons. The summed E-state index contributed by atoms with van der Waals surface area (Å²) in [6.45, 7) is 12.2. The number of quaternary nitrogens is 1. The van der Waals surface area contributed by atoms with Gasteiger partial charge in [0.05, 0.1) is 24.7 Å². The monoisotopic (exact) mass is 479 g/mol. The maximum absolute atomic E-state index is 9.77. The molecule has 8 nitrogen and oxygen atoms in total. The molecular formula is C21H33Cl2N2O6+. The van der Waals surface area contributed by atoms with E-state index in [-0.39, 0.29) is 0 Å². The number of hydrogen-bond acceptors (Lipinski definition) is 5. The zero-order valence-electron chi connectivity index (χ0n) is 18.1. The van der Waals surface area contributed by atoms with Crippen LogP contribution < -0.4 is 5.73 Å². The van der Waals surface area contributed by atoms with Crippen LogP contribution in [0.4, 0.5) is 0 Å². The van der Waals surface area contributed by atoms with E-state index in [1.54, 1.807) is 0 Å². The predicted molar refractivity (Wildman–Crippen MR) is 119 cm³/mol. The molecule has 0 spiro atoms. The minimum Gasteiger partial charge on any atom is -0.479 e. The molecule has 0 bridgehead atoms. The number of aliphatic hydroxyl groups excluding tert-OH is 2. The number of nitrogens with zero attached hydrogens (tertiary/aromatic N) is 1. The zero-order chi connectivity index (χ0) is 24.0. The number of likely N-dealkylation sites (tertiary alicyclic amines) is 1. The van der Waals surface area contributed by atoms with Gasteiger partial charge in [-0.05, 0) is 12.1 Å². The molecule has 1 aliphatic heterocycles. The Morgan fingerprint density at radius 3 is 2.10 bits per heavy atom. The molecule has 10 heteroatoms. The van der Waals surface area contributed by atoms with E-state index in [2.05, 4.69) is 26.8 Å². The molecule has 4 atom stereocenters. The molecule has 1 saturated heterocycles. The first-order chi connectivity index (χ1) is 14.2. The van der Waals surface area contributed by atoms with Gasteiger partial charge in [0.15, 0.2) is 12.2 Å². The third-order valence-corrected chi connectivity index (χ3v) is 5.71. The Balaban J connectivity index is 0.000000407. The van der Waals surface area contributed by atoms with Crippen LogP contribution in [0.25, 0.3) is 0 Å². The average Bonchev–Trinajstić information content (AvgIpc) is 3.04. The van der Waals surface area contributed by atoms with Crippen molar-refractivity contribution in [1.29, 1.82) is 0 Å². The van der Waals surface area contributed by atoms with Crippen molar-refractivity contribution in [2.24, 2.45) is 17.1 Å². The Morgan fingerprint density at radius 2 is 1.71 bits per heavy atom. The lowest BCUT2D eigenvalue weighted by Crippen LogP contribution is -2.50. The van der Waals surface area contributed by atoms with Gasteiger partial charge in [0.2, 0.25) is 0 Å². The highest BCUT2D eigenvalue weighted by molar-refractivity contribution is 6.35. The van der Waals surface area contributed by atoms with Crippen LogP contribution in [-0.4, -0.2) is 75.2 Å². The van der Waals surface area contributed by atoms with Gasteiger partial charge in [-0.25, -0.2) is 9.59 Å². The Labute approximate surface area is 192 Å². The largest absolute Gasteiger partial charge is 0.479 e. The molecule has 0 aromatic heterocycles. The zero-order valence-corrected chi connectivity index (χ0v) is 19.6.